The van der Waals surface area contributed by atoms with Gasteiger partial charge in [0.2, 0.25) is 5.69 Å². The molecule has 0 fully saturated rings. The second-order valence-electron chi connectivity index (χ2n) is 2.56. The van der Waals surface area contributed by atoms with Gasteiger partial charge < -0.3 is 9.94 Å². The summed E-state index contributed by atoms with van der Waals surface area (Å²) in [5, 5.41) is 10.5. The molecule has 0 amide bonds. The molecule has 0 heterocycles. The van der Waals surface area contributed by atoms with Gasteiger partial charge in [-0.1, -0.05) is 4.86 Å². The molecule has 5 nitrogen and oxygen atoms in total. The number of nitrogens with zero attached hydrogens (tertiary/aromatic N) is 1. The van der Waals surface area contributed by atoms with Gasteiger partial charge in [0.05, 0.1) is 12.2 Å². The minimum absolute atomic E-state index is 0.0189. The van der Waals surface area contributed by atoms with Gasteiger partial charge in [-0.05, 0) is 24.6 Å². The summed E-state index contributed by atoms with van der Waals surface area (Å²) in [6.07, 6.45) is 0. The molecule has 0 atom stereocenters. The molecule has 14 heavy (non-hydrogen) atoms. The molecule has 0 saturated heterocycles. The van der Waals surface area contributed by atoms with Crippen molar-refractivity contribution in [2.75, 3.05) is 6.61 Å². The van der Waals surface area contributed by atoms with Gasteiger partial charge in [-0.2, -0.15) is 0 Å². The van der Waals surface area contributed by atoms with Gasteiger partial charge in [0.1, 0.15) is 0 Å². The van der Waals surface area contributed by atoms with Crippen LogP contribution in [0.25, 0.3) is 0 Å². The third-order valence-electron chi connectivity index (χ3n) is 1.61. The molecule has 74 valence electrons. The molecule has 1 N–H and O–H groups in total. The Morgan fingerprint density at radius 3 is 2.50 bits per heavy atom. The second kappa shape index (κ2) is 4.36. The van der Waals surface area contributed by atoms with Crippen LogP contribution in [0.1, 0.15) is 17.3 Å². The van der Waals surface area contributed by atoms with E-state index in [0.29, 0.717) is 12.2 Å². The van der Waals surface area contributed by atoms with E-state index in [-0.39, 0.29) is 10.5 Å². The third-order valence-corrected chi connectivity index (χ3v) is 1.61. The largest absolute Gasteiger partial charge is 0.594 e. The zero-order valence-corrected chi connectivity index (χ0v) is 7.69. The lowest BCUT2D eigenvalue weighted by Crippen LogP contribution is -2.04. The van der Waals surface area contributed by atoms with E-state index in [1.54, 1.807) is 6.92 Å². The van der Waals surface area contributed by atoms with Crippen molar-refractivity contribution in [3.63, 3.8) is 0 Å². The molecule has 0 aliphatic heterocycles. The van der Waals surface area contributed by atoms with Crippen LogP contribution in [-0.2, 0) is 4.74 Å². The molecule has 0 bridgehead atoms. The summed E-state index contributed by atoms with van der Waals surface area (Å²) in [5.74, 6) is -0.429. The minimum Gasteiger partial charge on any atom is -0.594 e. The summed E-state index contributed by atoms with van der Waals surface area (Å²) in [6.45, 7) is 2.03. The van der Waals surface area contributed by atoms with Gasteiger partial charge in [0.25, 0.3) is 0 Å². The van der Waals surface area contributed by atoms with E-state index in [4.69, 9.17) is 10.3 Å². The van der Waals surface area contributed by atoms with Crippen molar-refractivity contribution in [1.29, 1.82) is 5.53 Å². The summed E-state index contributed by atoms with van der Waals surface area (Å²) in [6, 6.07) is 5.69. The zero-order valence-electron chi connectivity index (χ0n) is 7.69. The average Bonchev–Trinajstić information content (AvgIpc) is 2.18. The fourth-order valence-electron chi connectivity index (χ4n) is 0.947. The average molecular weight is 194 g/mol. The predicted molar refractivity (Wildman–Crippen MR) is 48.4 cm³/mol. The molecule has 0 radical (unpaired) electrons. The number of nitrogens with one attached hydrogen (secondary N) is 1. The van der Waals surface area contributed by atoms with Crippen LogP contribution in [0, 0.1) is 10.7 Å². The molecule has 1 aromatic carbocycles. The summed E-state index contributed by atoms with van der Waals surface area (Å²) >= 11 is 0. The Balaban J connectivity index is 2.83. The molecular weight excluding hydrogens is 184 g/mol. The van der Waals surface area contributed by atoms with Crippen LogP contribution >= 0.6 is 0 Å². The zero-order chi connectivity index (χ0) is 10.6. The molecule has 0 aliphatic rings. The van der Waals surface area contributed by atoms with Crippen molar-refractivity contribution in [2.24, 2.45) is 0 Å². The van der Waals surface area contributed by atoms with Crippen molar-refractivity contribution in [3.05, 3.63) is 35.0 Å². The Labute approximate surface area is 81.0 Å². The number of carbonyl (C=O) groups is 1. The van der Waals surface area contributed by atoms with Crippen molar-refractivity contribution in [2.45, 2.75) is 6.92 Å². The highest BCUT2D eigenvalue weighted by atomic mass is 16.5. The normalized spacial score (nSPS) is 9.50. The van der Waals surface area contributed by atoms with Crippen LogP contribution in [0.15, 0.2) is 24.3 Å². The summed E-state index contributed by atoms with van der Waals surface area (Å²) in [7, 11) is 0. The number of hydrogen-bond donors (Lipinski definition) is 1. The standard InChI is InChI=1S/C9H10N2O3/c1-2-14-9(12)7-3-5-8(6-4-7)11(10)13/h3-6,10H,2H2,1H3. The van der Waals surface area contributed by atoms with Gasteiger partial charge in [-0.3, -0.25) is 0 Å². The Morgan fingerprint density at radius 2 is 2.07 bits per heavy atom. The molecule has 0 aromatic heterocycles. The lowest BCUT2D eigenvalue weighted by Gasteiger charge is -2.01. The first kappa shape index (κ1) is 10.2. The van der Waals surface area contributed by atoms with Gasteiger partial charge in [0.15, 0.2) is 0 Å². The Kier molecular flexibility index (Phi) is 3.17. The molecule has 0 unspecified atom stereocenters. The summed E-state index contributed by atoms with van der Waals surface area (Å²) in [4.78, 5) is 11.1. The van der Waals surface area contributed by atoms with Crippen LogP contribution in [0.3, 0.4) is 0 Å². The monoisotopic (exact) mass is 194 g/mol. The second-order valence-corrected chi connectivity index (χ2v) is 2.56. The summed E-state index contributed by atoms with van der Waals surface area (Å²) in [5.41, 5.74) is 7.29. The fourth-order valence-corrected chi connectivity index (χ4v) is 0.947. The van der Waals surface area contributed by atoms with Gasteiger partial charge in [-0.15, -0.1) is 0 Å². The highest BCUT2D eigenvalue weighted by Crippen LogP contribution is 2.12. The maximum Gasteiger partial charge on any atom is 0.338 e. The van der Waals surface area contributed by atoms with Gasteiger partial charge in [0, 0.05) is 12.1 Å². The number of rotatable bonds is 3. The maximum atomic E-state index is 11.2. The number of benzene rings is 1. The first-order valence-electron chi connectivity index (χ1n) is 4.11. The van der Waals surface area contributed by atoms with Crippen molar-refractivity contribution >= 4 is 11.7 Å². The van der Waals surface area contributed by atoms with Crippen molar-refractivity contribution in [1.82, 2.24) is 0 Å². The van der Waals surface area contributed by atoms with Crippen LogP contribution in [0.4, 0.5) is 5.69 Å². The number of hydrogen-bond acceptors (Lipinski definition) is 4. The molecule has 1 rings (SSSR count). The van der Waals surface area contributed by atoms with Gasteiger partial charge >= 0.3 is 5.97 Å². The van der Waals surface area contributed by atoms with Crippen molar-refractivity contribution in [3.8, 4) is 0 Å². The molecule has 0 spiro atoms. The van der Waals surface area contributed by atoms with Crippen LogP contribution in [0.5, 0.6) is 0 Å². The van der Waals surface area contributed by atoms with E-state index in [1.807, 2.05) is 0 Å². The number of carbonyl (C=O) groups excluding carboxylic acids is 1. The molecule has 0 aliphatic carbocycles. The lowest BCUT2D eigenvalue weighted by atomic mass is 10.2. The first-order valence-corrected chi connectivity index (χ1v) is 4.11. The van der Waals surface area contributed by atoms with Crippen LogP contribution in [0.2, 0.25) is 0 Å². The lowest BCUT2D eigenvalue weighted by molar-refractivity contribution is -0.465. The molecular formula is C9H10N2O3. The topological polar surface area (TPSA) is 76.2 Å². The first-order chi connectivity index (χ1) is 6.65. The quantitative estimate of drug-likeness (QED) is 0.346. The Bertz CT molecular complexity index is 346. The van der Waals surface area contributed by atoms with E-state index in [1.165, 1.54) is 24.3 Å². The van der Waals surface area contributed by atoms with Crippen LogP contribution in [-0.4, -0.2) is 17.4 Å². The van der Waals surface area contributed by atoms with Crippen molar-refractivity contribution < 1.29 is 14.4 Å². The Hall–Kier alpha value is -1.91. The smallest absolute Gasteiger partial charge is 0.338 e. The molecule has 5 heteroatoms. The van der Waals surface area contributed by atoms with E-state index >= 15 is 0 Å². The van der Waals surface area contributed by atoms with E-state index in [9.17, 15) is 10.0 Å². The highest BCUT2D eigenvalue weighted by molar-refractivity contribution is 5.89. The van der Waals surface area contributed by atoms with E-state index < -0.39 is 5.97 Å². The van der Waals surface area contributed by atoms with Crippen LogP contribution < -0.4 is 0 Å². The minimum atomic E-state index is -0.429. The predicted octanol–water partition coefficient (Wildman–Crippen LogP) is 2.04. The number of esters is 1. The highest BCUT2D eigenvalue weighted by Gasteiger charge is 2.07. The SMILES string of the molecule is CCOC(=O)c1ccc([N+](=N)[O-])cc1. The fraction of sp³-hybridized carbons (Fsp3) is 0.222. The molecule has 0 saturated carbocycles. The maximum absolute atomic E-state index is 11.2. The van der Waals surface area contributed by atoms with E-state index in [2.05, 4.69) is 0 Å². The van der Waals surface area contributed by atoms with Gasteiger partial charge in [-0.25, -0.2) is 4.79 Å². The Morgan fingerprint density at radius 1 is 1.50 bits per heavy atom. The number of ether oxygens (including phenoxy) is 1. The summed E-state index contributed by atoms with van der Waals surface area (Å²) < 4.78 is 4.75. The third kappa shape index (κ3) is 2.29. The van der Waals surface area contributed by atoms with E-state index in [0.717, 1.165) is 0 Å². The molecule has 1 aromatic rings.